The molecule has 0 saturated heterocycles. The van der Waals surface area contributed by atoms with Crippen LogP contribution in [0, 0.1) is 0 Å². The first-order valence-electron chi connectivity index (χ1n) is 3.61. The van der Waals surface area contributed by atoms with E-state index in [2.05, 4.69) is 0 Å². The Morgan fingerprint density at radius 1 is 1.58 bits per heavy atom. The molecular formula is C9H9ClO2. The summed E-state index contributed by atoms with van der Waals surface area (Å²) >= 11 is 5.69. The molecule has 0 bridgehead atoms. The lowest BCUT2D eigenvalue weighted by Gasteiger charge is -2.06. The van der Waals surface area contributed by atoms with Crippen molar-refractivity contribution >= 4 is 17.9 Å². The quantitative estimate of drug-likeness (QED) is 0.730. The fourth-order valence-electron chi connectivity index (χ4n) is 0.941. The van der Waals surface area contributed by atoms with Crippen molar-refractivity contribution in [1.82, 2.24) is 0 Å². The summed E-state index contributed by atoms with van der Waals surface area (Å²) < 4.78 is 0. The minimum atomic E-state index is -0.735. The second kappa shape index (κ2) is 4.24. The molecule has 0 spiro atoms. The van der Waals surface area contributed by atoms with Crippen LogP contribution in [0.2, 0.25) is 5.02 Å². The number of hydrogen-bond acceptors (Lipinski definition) is 2. The van der Waals surface area contributed by atoms with E-state index in [1.807, 2.05) is 0 Å². The fourth-order valence-corrected chi connectivity index (χ4v) is 1.14. The molecule has 0 saturated carbocycles. The summed E-state index contributed by atoms with van der Waals surface area (Å²) in [5.74, 6) is 0. The lowest BCUT2D eigenvalue weighted by Crippen LogP contribution is -1.97. The van der Waals surface area contributed by atoms with E-state index in [1.54, 1.807) is 24.3 Å². The Balaban J connectivity index is 2.80. The highest BCUT2D eigenvalue weighted by atomic mass is 35.5. The van der Waals surface area contributed by atoms with Gasteiger partial charge in [0.25, 0.3) is 0 Å². The van der Waals surface area contributed by atoms with Crippen molar-refractivity contribution < 1.29 is 9.90 Å². The molecule has 0 amide bonds. The van der Waals surface area contributed by atoms with Gasteiger partial charge in [-0.2, -0.15) is 0 Å². The predicted octanol–water partition coefficient (Wildman–Crippen LogP) is 1.96. The van der Waals surface area contributed by atoms with Crippen LogP contribution < -0.4 is 0 Å². The van der Waals surface area contributed by atoms with Crippen molar-refractivity contribution in [2.75, 3.05) is 0 Å². The van der Waals surface area contributed by atoms with E-state index in [1.165, 1.54) is 0 Å². The summed E-state index contributed by atoms with van der Waals surface area (Å²) in [6.07, 6.45) is 0.0625. The van der Waals surface area contributed by atoms with Crippen molar-refractivity contribution in [2.45, 2.75) is 12.5 Å². The van der Waals surface area contributed by atoms with Crippen LogP contribution in [0.5, 0.6) is 0 Å². The highest BCUT2D eigenvalue weighted by molar-refractivity contribution is 6.30. The topological polar surface area (TPSA) is 37.3 Å². The highest BCUT2D eigenvalue weighted by Crippen LogP contribution is 2.18. The van der Waals surface area contributed by atoms with Gasteiger partial charge >= 0.3 is 0 Å². The van der Waals surface area contributed by atoms with E-state index < -0.39 is 6.10 Å². The maximum atomic E-state index is 10.1. The number of carbonyl (C=O) groups excluding carboxylic acids is 1. The molecule has 0 heterocycles. The first kappa shape index (κ1) is 9.23. The largest absolute Gasteiger partial charge is 0.388 e. The molecule has 0 aromatic heterocycles. The number of hydrogen-bond donors (Lipinski definition) is 1. The zero-order valence-corrected chi connectivity index (χ0v) is 7.16. The second-order valence-corrected chi connectivity index (χ2v) is 2.91. The van der Waals surface area contributed by atoms with Crippen LogP contribution in [0.1, 0.15) is 18.1 Å². The van der Waals surface area contributed by atoms with E-state index in [0.29, 0.717) is 16.9 Å². The first-order valence-corrected chi connectivity index (χ1v) is 3.99. The molecule has 12 heavy (non-hydrogen) atoms. The zero-order valence-electron chi connectivity index (χ0n) is 6.40. The van der Waals surface area contributed by atoms with Crippen LogP contribution in [0.3, 0.4) is 0 Å². The van der Waals surface area contributed by atoms with Crippen molar-refractivity contribution in [3.8, 4) is 0 Å². The Morgan fingerprint density at radius 2 is 2.33 bits per heavy atom. The third-order valence-electron chi connectivity index (χ3n) is 1.55. The van der Waals surface area contributed by atoms with E-state index in [0.717, 1.165) is 0 Å². The predicted molar refractivity (Wildman–Crippen MR) is 47.1 cm³/mol. The second-order valence-electron chi connectivity index (χ2n) is 2.47. The summed E-state index contributed by atoms with van der Waals surface area (Å²) in [5.41, 5.74) is 0.676. The molecule has 64 valence electrons. The van der Waals surface area contributed by atoms with Crippen molar-refractivity contribution in [3.63, 3.8) is 0 Å². The summed E-state index contributed by atoms with van der Waals surface area (Å²) in [6.45, 7) is 0. The smallest absolute Gasteiger partial charge is 0.122 e. The van der Waals surface area contributed by atoms with Gasteiger partial charge in [0.05, 0.1) is 6.10 Å². The van der Waals surface area contributed by atoms with Gasteiger partial charge < -0.3 is 9.90 Å². The highest BCUT2D eigenvalue weighted by Gasteiger charge is 2.05. The Bertz CT molecular complexity index is 273. The van der Waals surface area contributed by atoms with E-state index in [9.17, 15) is 9.90 Å². The molecule has 0 aliphatic carbocycles. The minimum Gasteiger partial charge on any atom is -0.388 e. The van der Waals surface area contributed by atoms with E-state index >= 15 is 0 Å². The minimum absolute atomic E-state index is 0.111. The number of benzene rings is 1. The Kier molecular flexibility index (Phi) is 3.26. The average molecular weight is 185 g/mol. The normalized spacial score (nSPS) is 12.5. The van der Waals surface area contributed by atoms with Crippen LogP contribution in [0.15, 0.2) is 24.3 Å². The summed E-state index contributed by atoms with van der Waals surface area (Å²) in [4.78, 5) is 10.1. The molecule has 1 rings (SSSR count). The molecule has 3 heteroatoms. The van der Waals surface area contributed by atoms with Gasteiger partial charge in [-0.1, -0.05) is 23.7 Å². The van der Waals surface area contributed by atoms with Crippen molar-refractivity contribution in [3.05, 3.63) is 34.9 Å². The summed E-state index contributed by atoms with van der Waals surface area (Å²) in [5, 5.41) is 9.92. The Labute approximate surface area is 75.8 Å². The van der Waals surface area contributed by atoms with Gasteiger partial charge in [-0.25, -0.2) is 0 Å². The molecule has 1 atom stereocenters. The molecule has 0 aliphatic rings. The molecule has 0 fully saturated rings. The number of halogens is 1. The zero-order chi connectivity index (χ0) is 8.97. The molecule has 1 N–H and O–H groups in total. The standard InChI is InChI=1S/C9H9ClO2/c10-8-3-1-2-7(6-8)9(12)4-5-11/h1-3,5-6,9,12H,4H2. The van der Waals surface area contributed by atoms with Crippen molar-refractivity contribution in [2.24, 2.45) is 0 Å². The van der Waals surface area contributed by atoms with Gasteiger partial charge in [0.2, 0.25) is 0 Å². The average Bonchev–Trinajstić information content (AvgIpc) is 2.05. The fraction of sp³-hybridized carbons (Fsp3) is 0.222. The molecular weight excluding hydrogens is 176 g/mol. The molecule has 0 radical (unpaired) electrons. The maximum absolute atomic E-state index is 10.1. The Hall–Kier alpha value is -0.860. The SMILES string of the molecule is O=CCC(O)c1cccc(Cl)c1. The number of carbonyl (C=O) groups is 1. The van der Waals surface area contributed by atoms with Gasteiger partial charge in [-0.3, -0.25) is 0 Å². The van der Waals surface area contributed by atoms with Gasteiger partial charge in [0, 0.05) is 11.4 Å². The van der Waals surface area contributed by atoms with Gasteiger partial charge in [0.1, 0.15) is 6.29 Å². The summed E-state index contributed by atoms with van der Waals surface area (Å²) in [6, 6.07) is 6.85. The third kappa shape index (κ3) is 2.32. The first-order chi connectivity index (χ1) is 5.74. The third-order valence-corrected chi connectivity index (χ3v) is 1.79. The van der Waals surface area contributed by atoms with Gasteiger partial charge in [-0.05, 0) is 17.7 Å². The number of rotatable bonds is 3. The number of aldehydes is 1. The van der Waals surface area contributed by atoms with Crippen LogP contribution in [-0.2, 0) is 4.79 Å². The van der Waals surface area contributed by atoms with Crippen LogP contribution in [0.4, 0.5) is 0 Å². The Morgan fingerprint density at radius 3 is 2.92 bits per heavy atom. The molecule has 1 aromatic rings. The molecule has 0 aliphatic heterocycles. The van der Waals surface area contributed by atoms with Crippen LogP contribution in [0.25, 0.3) is 0 Å². The van der Waals surface area contributed by atoms with Gasteiger partial charge in [-0.15, -0.1) is 0 Å². The maximum Gasteiger partial charge on any atom is 0.122 e. The van der Waals surface area contributed by atoms with Crippen LogP contribution >= 0.6 is 11.6 Å². The number of aliphatic hydroxyl groups is 1. The van der Waals surface area contributed by atoms with Gasteiger partial charge in [0.15, 0.2) is 0 Å². The lowest BCUT2D eigenvalue weighted by molar-refractivity contribution is -0.109. The lowest BCUT2D eigenvalue weighted by atomic mass is 10.1. The molecule has 1 unspecified atom stereocenters. The van der Waals surface area contributed by atoms with Crippen molar-refractivity contribution in [1.29, 1.82) is 0 Å². The molecule has 1 aromatic carbocycles. The van der Waals surface area contributed by atoms with E-state index in [4.69, 9.17) is 11.6 Å². The van der Waals surface area contributed by atoms with E-state index in [-0.39, 0.29) is 6.42 Å². The molecule has 2 nitrogen and oxygen atoms in total. The monoisotopic (exact) mass is 184 g/mol. The van der Waals surface area contributed by atoms with Crippen LogP contribution in [-0.4, -0.2) is 11.4 Å². The summed E-state index contributed by atoms with van der Waals surface area (Å²) in [7, 11) is 0. The number of aliphatic hydroxyl groups excluding tert-OH is 1.